The minimum atomic E-state index is 0.913. The first kappa shape index (κ1) is 5.76. The van der Waals surface area contributed by atoms with Gasteiger partial charge in [-0.25, -0.2) is 0 Å². The molecule has 0 aromatic carbocycles. The quantitative estimate of drug-likeness (QED) is 0.473. The summed E-state index contributed by atoms with van der Waals surface area (Å²) < 4.78 is 0. The number of hydrogen-bond donors (Lipinski definition) is 2. The zero-order valence-electron chi connectivity index (χ0n) is 4.59. The molecule has 8 heavy (non-hydrogen) atoms. The molecule has 0 radical (unpaired) electrons. The van der Waals surface area contributed by atoms with E-state index in [1.165, 1.54) is 0 Å². The first-order valence-corrected chi connectivity index (χ1v) is 3.09. The van der Waals surface area contributed by atoms with Crippen LogP contribution in [0.4, 0.5) is 0 Å². The fourth-order valence-electron chi connectivity index (χ4n) is 0.669. The Kier molecular flexibility index (Phi) is 1.63. The smallest absolute Gasteiger partial charge is 0.0225 e. The topological polar surface area (TPSA) is 26.0 Å². The second kappa shape index (κ2) is 2.27. The molecule has 0 saturated carbocycles. The highest BCUT2D eigenvalue weighted by Gasteiger charge is 1.98. The van der Waals surface area contributed by atoms with E-state index in [2.05, 4.69) is 18.7 Å². The Labute approximate surface area is 54.7 Å². The number of nitrogens with two attached hydrogens (primary N) is 1. The largest absolute Gasteiger partial charge is 0.401 e. The minimum Gasteiger partial charge on any atom is -0.401 e. The normalized spacial score (nSPS) is 19.6. The Balaban J connectivity index is 2.76. The van der Waals surface area contributed by atoms with Crippen LogP contribution in [0.2, 0.25) is 0 Å². The second-order valence-corrected chi connectivity index (χ2v) is 2.33. The molecule has 2 N–H and O–H groups in total. The van der Waals surface area contributed by atoms with Gasteiger partial charge in [0.15, 0.2) is 0 Å². The van der Waals surface area contributed by atoms with Gasteiger partial charge in [0.2, 0.25) is 0 Å². The van der Waals surface area contributed by atoms with Gasteiger partial charge in [-0.2, -0.15) is 0 Å². The SMILES string of the molecule is NC1=C(S)C=CCC1. The van der Waals surface area contributed by atoms with Crippen molar-refractivity contribution in [1.82, 2.24) is 0 Å². The van der Waals surface area contributed by atoms with Crippen LogP contribution >= 0.6 is 12.6 Å². The molecule has 44 valence electrons. The zero-order valence-corrected chi connectivity index (χ0v) is 5.49. The van der Waals surface area contributed by atoms with Gasteiger partial charge in [-0.1, -0.05) is 12.2 Å². The van der Waals surface area contributed by atoms with Crippen molar-refractivity contribution in [2.45, 2.75) is 12.8 Å². The van der Waals surface area contributed by atoms with Gasteiger partial charge < -0.3 is 5.73 Å². The lowest BCUT2D eigenvalue weighted by molar-refractivity contribution is 0.940. The summed E-state index contributed by atoms with van der Waals surface area (Å²) in [4.78, 5) is 0.927. The van der Waals surface area contributed by atoms with Gasteiger partial charge in [-0.05, 0) is 12.8 Å². The van der Waals surface area contributed by atoms with Crippen molar-refractivity contribution >= 4 is 12.6 Å². The molecule has 0 fully saturated rings. The number of rotatable bonds is 0. The third-order valence-corrected chi connectivity index (χ3v) is 1.62. The fourth-order valence-corrected chi connectivity index (χ4v) is 0.886. The van der Waals surface area contributed by atoms with Crippen LogP contribution in [0.1, 0.15) is 12.8 Å². The van der Waals surface area contributed by atoms with Crippen LogP contribution in [0, 0.1) is 0 Å². The van der Waals surface area contributed by atoms with Crippen LogP contribution in [-0.4, -0.2) is 0 Å². The van der Waals surface area contributed by atoms with Crippen molar-refractivity contribution in [1.29, 1.82) is 0 Å². The molecule has 1 nitrogen and oxygen atoms in total. The lowest BCUT2D eigenvalue weighted by Gasteiger charge is -2.05. The van der Waals surface area contributed by atoms with E-state index in [4.69, 9.17) is 5.73 Å². The van der Waals surface area contributed by atoms with Crippen LogP contribution in [0.5, 0.6) is 0 Å². The summed E-state index contributed by atoms with van der Waals surface area (Å²) in [6, 6.07) is 0. The lowest BCUT2D eigenvalue weighted by Crippen LogP contribution is -2.00. The summed E-state index contributed by atoms with van der Waals surface area (Å²) in [5.41, 5.74) is 6.44. The molecule has 0 amide bonds. The Morgan fingerprint density at radius 2 is 2.38 bits per heavy atom. The first-order chi connectivity index (χ1) is 3.80. The summed E-state index contributed by atoms with van der Waals surface area (Å²) >= 11 is 4.12. The summed E-state index contributed by atoms with van der Waals surface area (Å²) in [5, 5.41) is 0. The maximum Gasteiger partial charge on any atom is 0.0225 e. The fraction of sp³-hybridized carbons (Fsp3) is 0.333. The predicted octanol–water partition coefficient (Wildman–Crippen LogP) is 1.44. The molecule has 0 heterocycles. The summed E-state index contributed by atoms with van der Waals surface area (Å²) in [7, 11) is 0. The molecule has 1 rings (SSSR count). The molecule has 2 heteroatoms. The molecule has 0 saturated heterocycles. The summed E-state index contributed by atoms with van der Waals surface area (Å²) in [6.07, 6.45) is 6.06. The molecule has 1 aliphatic carbocycles. The summed E-state index contributed by atoms with van der Waals surface area (Å²) in [5.74, 6) is 0. The highest BCUT2D eigenvalue weighted by Crippen LogP contribution is 2.16. The molecule has 0 aromatic heterocycles. The van der Waals surface area contributed by atoms with Crippen LogP contribution in [0.15, 0.2) is 22.8 Å². The Morgan fingerprint density at radius 1 is 1.62 bits per heavy atom. The molecule has 0 aliphatic heterocycles. The van der Waals surface area contributed by atoms with E-state index < -0.39 is 0 Å². The zero-order chi connectivity index (χ0) is 5.98. The van der Waals surface area contributed by atoms with E-state index in [1.54, 1.807) is 0 Å². The lowest BCUT2D eigenvalue weighted by atomic mass is 10.1. The molecule has 0 unspecified atom stereocenters. The van der Waals surface area contributed by atoms with Crippen molar-refractivity contribution in [3.63, 3.8) is 0 Å². The average Bonchev–Trinajstić information content (AvgIpc) is 1.77. The molecule has 0 atom stereocenters. The maximum absolute atomic E-state index is 5.53. The van der Waals surface area contributed by atoms with Crippen LogP contribution in [0.3, 0.4) is 0 Å². The highest BCUT2D eigenvalue weighted by molar-refractivity contribution is 7.84. The molecular weight excluding hydrogens is 118 g/mol. The molecule has 0 spiro atoms. The van der Waals surface area contributed by atoms with Crippen molar-refractivity contribution < 1.29 is 0 Å². The summed E-state index contributed by atoms with van der Waals surface area (Å²) in [6.45, 7) is 0. The number of thiol groups is 1. The van der Waals surface area contributed by atoms with Gasteiger partial charge in [0.25, 0.3) is 0 Å². The minimum absolute atomic E-state index is 0.913. The Bertz CT molecular complexity index is 147. The third kappa shape index (κ3) is 1.07. The van der Waals surface area contributed by atoms with E-state index in [0.717, 1.165) is 23.4 Å². The standard InChI is InChI=1S/C6H9NS/c7-5-3-1-2-4-6(5)8/h2,4,8H,1,3,7H2. The third-order valence-electron chi connectivity index (χ3n) is 1.19. The van der Waals surface area contributed by atoms with E-state index in [1.807, 2.05) is 6.08 Å². The van der Waals surface area contributed by atoms with Crippen LogP contribution in [-0.2, 0) is 0 Å². The van der Waals surface area contributed by atoms with E-state index >= 15 is 0 Å². The molecular formula is C6H9NS. The van der Waals surface area contributed by atoms with Gasteiger partial charge in [0.1, 0.15) is 0 Å². The molecule has 0 bridgehead atoms. The van der Waals surface area contributed by atoms with Crippen LogP contribution in [0.25, 0.3) is 0 Å². The molecule has 1 aliphatic rings. The number of hydrogen-bond acceptors (Lipinski definition) is 2. The Hall–Kier alpha value is -0.370. The van der Waals surface area contributed by atoms with E-state index in [0.29, 0.717) is 0 Å². The van der Waals surface area contributed by atoms with Gasteiger partial charge in [-0.3, -0.25) is 0 Å². The van der Waals surface area contributed by atoms with Gasteiger partial charge in [-0.15, -0.1) is 12.6 Å². The second-order valence-electron chi connectivity index (χ2n) is 1.85. The van der Waals surface area contributed by atoms with Crippen molar-refractivity contribution in [3.05, 3.63) is 22.8 Å². The maximum atomic E-state index is 5.53. The average molecular weight is 127 g/mol. The monoisotopic (exact) mass is 127 g/mol. The van der Waals surface area contributed by atoms with Crippen molar-refractivity contribution in [2.24, 2.45) is 5.73 Å². The predicted molar refractivity (Wildman–Crippen MR) is 38.6 cm³/mol. The van der Waals surface area contributed by atoms with E-state index in [-0.39, 0.29) is 0 Å². The van der Waals surface area contributed by atoms with Gasteiger partial charge in [0, 0.05) is 10.6 Å². The van der Waals surface area contributed by atoms with Crippen LogP contribution < -0.4 is 5.73 Å². The van der Waals surface area contributed by atoms with E-state index in [9.17, 15) is 0 Å². The first-order valence-electron chi connectivity index (χ1n) is 2.65. The van der Waals surface area contributed by atoms with Gasteiger partial charge in [0.05, 0.1) is 0 Å². The molecule has 0 aromatic rings. The van der Waals surface area contributed by atoms with Crippen molar-refractivity contribution in [3.8, 4) is 0 Å². The Morgan fingerprint density at radius 3 is 2.75 bits per heavy atom. The number of allylic oxidation sites excluding steroid dienone is 3. The van der Waals surface area contributed by atoms with Crippen molar-refractivity contribution in [2.75, 3.05) is 0 Å². The highest BCUT2D eigenvalue weighted by atomic mass is 32.1. The van der Waals surface area contributed by atoms with Gasteiger partial charge >= 0.3 is 0 Å².